The zero-order chi connectivity index (χ0) is 12.3. The summed E-state index contributed by atoms with van der Waals surface area (Å²) in [5.74, 6) is -0.549. The van der Waals surface area contributed by atoms with Crippen molar-refractivity contribution in [3.05, 3.63) is 23.9 Å². The van der Waals surface area contributed by atoms with Crippen molar-refractivity contribution in [2.75, 3.05) is 5.32 Å². The normalized spacial score (nSPS) is 24.3. The Hall–Kier alpha value is -1.62. The quantitative estimate of drug-likeness (QED) is 0.738. The van der Waals surface area contributed by atoms with Gasteiger partial charge in [-0.25, -0.2) is 9.78 Å². The van der Waals surface area contributed by atoms with E-state index in [1.54, 1.807) is 18.3 Å². The van der Waals surface area contributed by atoms with Crippen molar-refractivity contribution >= 4 is 11.8 Å². The second kappa shape index (κ2) is 5.14. The molecule has 1 fully saturated rings. The molecule has 0 radical (unpaired) electrons. The topological polar surface area (TPSA) is 88.2 Å². The van der Waals surface area contributed by atoms with E-state index < -0.39 is 5.97 Å². The predicted octanol–water partition coefficient (Wildman–Crippen LogP) is 1.46. The van der Waals surface area contributed by atoms with Crippen molar-refractivity contribution in [1.29, 1.82) is 0 Å². The molecule has 0 aliphatic heterocycles. The Morgan fingerprint density at radius 2 is 2.24 bits per heavy atom. The Morgan fingerprint density at radius 3 is 2.94 bits per heavy atom. The highest BCUT2D eigenvalue weighted by Crippen LogP contribution is 2.21. The molecule has 2 unspecified atom stereocenters. The molecule has 1 aromatic heterocycles. The molecule has 92 valence electrons. The molecule has 2 rings (SSSR count). The molecule has 5 heteroatoms. The lowest BCUT2D eigenvalue weighted by molar-refractivity contribution is 0.0697. The summed E-state index contributed by atoms with van der Waals surface area (Å²) in [5, 5.41) is 12.2. The van der Waals surface area contributed by atoms with Crippen LogP contribution in [0.5, 0.6) is 0 Å². The number of carboxylic acid groups (broad SMARTS) is 1. The van der Waals surface area contributed by atoms with Crippen LogP contribution in [-0.4, -0.2) is 28.1 Å². The van der Waals surface area contributed by atoms with E-state index in [2.05, 4.69) is 10.3 Å². The summed E-state index contributed by atoms with van der Waals surface area (Å²) in [6, 6.07) is 3.37. The van der Waals surface area contributed by atoms with Crippen LogP contribution in [0.25, 0.3) is 0 Å². The maximum Gasteiger partial charge on any atom is 0.339 e. The molecular formula is C12H17N3O2. The summed E-state index contributed by atoms with van der Waals surface area (Å²) < 4.78 is 0. The van der Waals surface area contributed by atoms with Crippen LogP contribution in [0.1, 0.15) is 36.0 Å². The van der Waals surface area contributed by atoms with E-state index >= 15 is 0 Å². The monoisotopic (exact) mass is 235 g/mol. The molecule has 5 nitrogen and oxygen atoms in total. The summed E-state index contributed by atoms with van der Waals surface area (Å²) in [7, 11) is 0. The Morgan fingerprint density at radius 1 is 1.47 bits per heavy atom. The van der Waals surface area contributed by atoms with Gasteiger partial charge in [0.2, 0.25) is 0 Å². The van der Waals surface area contributed by atoms with Crippen LogP contribution in [0.3, 0.4) is 0 Å². The number of nitrogens with zero attached hydrogens (tertiary/aromatic N) is 1. The zero-order valence-electron chi connectivity index (χ0n) is 9.60. The standard InChI is InChI=1S/C12H17N3O2/c13-9-5-1-2-6-10(9)15-11-8(12(16)17)4-3-7-14-11/h3-4,7,9-10H,1-2,5-6,13H2,(H,14,15)(H,16,17). The highest BCUT2D eigenvalue weighted by molar-refractivity contribution is 5.93. The molecule has 0 bridgehead atoms. The van der Waals surface area contributed by atoms with Crippen LogP contribution < -0.4 is 11.1 Å². The summed E-state index contributed by atoms with van der Waals surface area (Å²) >= 11 is 0. The van der Waals surface area contributed by atoms with E-state index in [-0.39, 0.29) is 17.6 Å². The summed E-state index contributed by atoms with van der Waals surface area (Å²) in [6.07, 6.45) is 5.81. The zero-order valence-corrected chi connectivity index (χ0v) is 9.60. The van der Waals surface area contributed by atoms with E-state index in [4.69, 9.17) is 10.8 Å². The van der Waals surface area contributed by atoms with Gasteiger partial charge in [0, 0.05) is 18.3 Å². The maximum atomic E-state index is 11.0. The van der Waals surface area contributed by atoms with Gasteiger partial charge in [-0.1, -0.05) is 12.8 Å². The van der Waals surface area contributed by atoms with Crippen molar-refractivity contribution < 1.29 is 9.90 Å². The van der Waals surface area contributed by atoms with Crippen LogP contribution >= 0.6 is 0 Å². The van der Waals surface area contributed by atoms with E-state index in [1.807, 2.05) is 0 Å². The van der Waals surface area contributed by atoms with Gasteiger partial charge in [-0.15, -0.1) is 0 Å². The molecule has 0 aromatic carbocycles. The Labute approximate surface area is 100 Å². The van der Waals surface area contributed by atoms with Crippen LogP contribution in [0, 0.1) is 0 Å². The fourth-order valence-electron chi connectivity index (χ4n) is 2.21. The molecule has 1 aliphatic carbocycles. The lowest BCUT2D eigenvalue weighted by atomic mass is 9.91. The summed E-state index contributed by atoms with van der Waals surface area (Å²) in [4.78, 5) is 15.1. The first-order chi connectivity index (χ1) is 8.18. The highest BCUT2D eigenvalue weighted by Gasteiger charge is 2.23. The molecule has 1 heterocycles. The fraction of sp³-hybridized carbons (Fsp3) is 0.500. The molecule has 4 N–H and O–H groups in total. The number of anilines is 1. The van der Waals surface area contributed by atoms with Crippen LogP contribution in [-0.2, 0) is 0 Å². The van der Waals surface area contributed by atoms with Gasteiger partial charge in [-0.05, 0) is 25.0 Å². The van der Waals surface area contributed by atoms with Crippen molar-refractivity contribution in [3.63, 3.8) is 0 Å². The first-order valence-electron chi connectivity index (χ1n) is 5.89. The molecule has 1 saturated carbocycles. The third-order valence-electron chi connectivity index (χ3n) is 3.18. The number of carbonyl (C=O) groups is 1. The van der Waals surface area contributed by atoms with E-state index in [9.17, 15) is 4.79 Å². The molecule has 0 amide bonds. The first kappa shape index (κ1) is 11.9. The summed E-state index contributed by atoms with van der Waals surface area (Å²) in [6.45, 7) is 0. The van der Waals surface area contributed by atoms with E-state index in [1.165, 1.54) is 0 Å². The number of pyridine rings is 1. The smallest absolute Gasteiger partial charge is 0.339 e. The van der Waals surface area contributed by atoms with Gasteiger partial charge in [0.05, 0.1) is 0 Å². The van der Waals surface area contributed by atoms with Gasteiger partial charge in [-0.3, -0.25) is 0 Å². The van der Waals surface area contributed by atoms with Crippen molar-refractivity contribution in [1.82, 2.24) is 4.98 Å². The third-order valence-corrected chi connectivity index (χ3v) is 3.18. The van der Waals surface area contributed by atoms with E-state index in [0.29, 0.717) is 5.82 Å². The largest absolute Gasteiger partial charge is 0.478 e. The van der Waals surface area contributed by atoms with Gasteiger partial charge in [0.15, 0.2) is 0 Å². The predicted molar refractivity (Wildman–Crippen MR) is 65.1 cm³/mol. The minimum Gasteiger partial charge on any atom is -0.478 e. The van der Waals surface area contributed by atoms with Gasteiger partial charge >= 0.3 is 5.97 Å². The van der Waals surface area contributed by atoms with Crippen molar-refractivity contribution in [2.24, 2.45) is 5.73 Å². The second-order valence-electron chi connectivity index (χ2n) is 4.40. The molecule has 17 heavy (non-hydrogen) atoms. The minimum absolute atomic E-state index is 0.0763. The van der Waals surface area contributed by atoms with Crippen molar-refractivity contribution in [2.45, 2.75) is 37.8 Å². The molecular weight excluding hydrogens is 218 g/mol. The van der Waals surface area contributed by atoms with Gasteiger partial charge in [0.1, 0.15) is 11.4 Å². The number of nitrogens with one attached hydrogen (secondary N) is 1. The number of hydrogen-bond donors (Lipinski definition) is 3. The fourth-order valence-corrected chi connectivity index (χ4v) is 2.21. The number of aromatic nitrogens is 1. The Bertz CT molecular complexity index is 408. The van der Waals surface area contributed by atoms with Crippen LogP contribution in [0.2, 0.25) is 0 Å². The minimum atomic E-state index is -0.968. The highest BCUT2D eigenvalue weighted by atomic mass is 16.4. The number of nitrogens with two attached hydrogens (primary N) is 1. The number of aromatic carboxylic acids is 1. The second-order valence-corrected chi connectivity index (χ2v) is 4.40. The number of hydrogen-bond acceptors (Lipinski definition) is 4. The summed E-state index contributed by atoms with van der Waals surface area (Å²) in [5.41, 5.74) is 6.21. The molecule has 1 aliphatic rings. The van der Waals surface area contributed by atoms with Gasteiger partial charge < -0.3 is 16.2 Å². The maximum absolute atomic E-state index is 11.0. The van der Waals surface area contributed by atoms with Crippen molar-refractivity contribution in [3.8, 4) is 0 Å². The molecule has 1 aromatic rings. The average molecular weight is 235 g/mol. The molecule has 0 spiro atoms. The van der Waals surface area contributed by atoms with Crippen LogP contribution in [0.4, 0.5) is 5.82 Å². The Balaban J connectivity index is 2.14. The number of rotatable bonds is 3. The van der Waals surface area contributed by atoms with Gasteiger partial charge in [0.25, 0.3) is 0 Å². The van der Waals surface area contributed by atoms with Crippen LogP contribution in [0.15, 0.2) is 18.3 Å². The SMILES string of the molecule is NC1CCCCC1Nc1ncccc1C(=O)O. The van der Waals surface area contributed by atoms with Gasteiger partial charge in [-0.2, -0.15) is 0 Å². The Kier molecular flexibility index (Phi) is 3.58. The molecule has 0 saturated heterocycles. The first-order valence-corrected chi connectivity index (χ1v) is 5.89. The third kappa shape index (κ3) is 2.74. The average Bonchev–Trinajstić information content (AvgIpc) is 2.32. The molecule has 2 atom stereocenters. The number of carboxylic acids is 1. The van der Waals surface area contributed by atoms with E-state index in [0.717, 1.165) is 25.7 Å². The lowest BCUT2D eigenvalue weighted by Crippen LogP contribution is -2.43. The lowest BCUT2D eigenvalue weighted by Gasteiger charge is -2.30.